The first-order chi connectivity index (χ1) is 10.2. The van der Waals surface area contributed by atoms with Gasteiger partial charge in [-0.1, -0.05) is 27.7 Å². The Hall–Kier alpha value is -1.40. The monoisotopic (exact) mass is 322 g/mol. The Kier molecular flexibility index (Phi) is 4.63. The number of rotatable bonds is 5. The smallest absolute Gasteiger partial charge is 0.263 e. The van der Waals surface area contributed by atoms with Crippen LogP contribution in [0.4, 0.5) is 0 Å². The number of nitrogens with two attached hydrogens (primary N) is 1. The number of hydrogen-bond acceptors (Lipinski definition) is 4. The second-order valence-corrected chi connectivity index (χ2v) is 8.05. The Balaban J connectivity index is 2.31. The van der Waals surface area contributed by atoms with Crippen LogP contribution in [-0.2, 0) is 7.05 Å². The first kappa shape index (κ1) is 17.0. The van der Waals surface area contributed by atoms with Crippen LogP contribution in [0.5, 0.6) is 0 Å². The van der Waals surface area contributed by atoms with E-state index in [0.717, 1.165) is 20.8 Å². The molecule has 2 heterocycles. The van der Waals surface area contributed by atoms with E-state index in [4.69, 9.17) is 5.73 Å². The van der Waals surface area contributed by atoms with Crippen LogP contribution in [0.3, 0.4) is 0 Å². The molecule has 0 unspecified atom stereocenters. The predicted molar refractivity (Wildman–Crippen MR) is 92.5 cm³/mol. The van der Waals surface area contributed by atoms with Crippen molar-refractivity contribution in [2.24, 2.45) is 18.2 Å². The summed E-state index contributed by atoms with van der Waals surface area (Å²) in [5.41, 5.74) is 6.74. The summed E-state index contributed by atoms with van der Waals surface area (Å²) < 4.78 is 1.87. The van der Waals surface area contributed by atoms with Crippen LogP contribution in [0.2, 0.25) is 0 Å². The molecule has 0 atom stereocenters. The summed E-state index contributed by atoms with van der Waals surface area (Å²) in [6.07, 6.45) is 0. The second kappa shape index (κ2) is 6.01. The summed E-state index contributed by atoms with van der Waals surface area (Å²) in [4.78, 5) is 16.2. The Bertz CT molecular complexity index is 684. The highest BCUT2D eigenvalue weighted by Gasteiger charge is 2.24. The van der Waals surface area contributed by atoms with Crippen LogP contribution in [0, 0.1) is 5.41 Å². The molecule has 0 saturated carbocycles. The lowest BCUT2D eigenvalue weighted by molar-refractivity contribution is 0.0745. The first-order valence-electron chi connectivity index (χ1n) is 7.58. The molecule has 0 fully saturated rings. The normalized spacial score (nSPS) is 12.4. The topological polar surface area (TPSA) is 64.2 Å². The number of nitrogens with zero attached hydrogens (tertiary/aromatic N) is 3. The molecule has 2 rings (SSSR count). The summed E-state index contributed by atoms with van der Waals surface area (Å²) >= 11 is 1.51. The van der Waals surface area contributed by atoms with Gasteiger partial charge in [0.2, 0.25) is 0 Å². The molecule has 0 aliphatic carbocycles. The summed E-state index contributed by atoms with van der Waals surface area (Å²) in [7, 11) is 3.77. The van der Waals surface area contributed by atoms with Gasteiger partial charge in [-0.15, -0.1) is 11.3 Å². The Labute approximate surface area is 136 Å². The van der Waals surface area contributed by atoms with E-state index < -0.39 is 0 Å². The maximum absolute atomic E-state index is 12.7. The number of fused-ring (bicyclic) bond motifs is 1. The summed E-state index contributed by atoms with van der Waals surface area (Å²) in [6, 6.07) is 1.98. The van der Waals surface area contributed by atoms with E-state index >= 15 is 0 Å². The Morgan fingerprint density at radius 3 is 2.68 bits per heavy atom. The lowest BCUT2D eigenvalue weighted by Crippen LogP contribution is -2.39. The minimum absolute atomic E-state index is 0.0532. The van der Waals surface area contributed by atoms with Crippen molar-refractivity contribution in [3.8, 4) is 0 Å². The third kappa shape index (κ3) is 3.17. The van der Waals surface area contributed by atoms with Crippen LogP contribution < -0.4 is 5.73 Å². The minimum atomic E-state index is -0.0776. The van der Waals surface area contributed by atoms with E-state index in [9.17, 15) is 4.79 Å². The number of amides is 1. The van der Waals surface area contributed by atoms with Crippen LogP contribution >= 0.6 is 11.3 Å². The number of aryl methyl sites for hydroxylation is 1. The van der Waals surface area contributed by atoms with E-state index in [2.05, 4.69) is 32.8 Å². The van der Waals surface area contributed by atoms with Crippen molar-refractivity contribution in [2.45, 2.75) is 33.6 Å². The molecule has 2 aromatic rings. The molecular formula is C16H26N4OS. The van der Waals surface area contributed by atoms with E-state index in [-0.39, 0.29) is 11.3 Å². The lowest BCUT2D eigenvalue weighted by atomic mass is 9.93. The van der Waals surface area contributed by atoms with Crippen LogP contribution in [0.1, 0.15) is 49.0 Å². The number of aromatic nitrogens is 2. The van der Waals surface area contributed by atoms with Gasteiger partial charge in [0.25, 0.3) is 5.91 Å². The maximum atomic E-state index is 12.7. The zero-order valence-electron chi connectivity index (χ0n) is 14.3. The van der Waals surface area contributed by atoms with E-state index in [1.54, 1.807) is 4.90 Å². The number of thiophene rings is 1. The van der Waals surface area contributed by atoms with Gasteiger partial charge in [-0.3, -0.25) is 9.48 Å². The molecule has 0 bridgehead atoms. The molecule has 0 saturated heterocycles. The maximum Gasteiger partial charge on any atom is 0.263 e. The van der Waals surface area contributed by atoms with Gasteiger partial charge < -0.3 is 10.6 Å². The number of carbonyl (C=O) groups excluding carboxylic acids is 1. The van der Waals surface area contributed by atoms with Gasteiger partial charge in [-0.25, -0.2) is 0 Å². The molecule has 0 aliphatic rings. The van der Waals surface area contributed by atoms with Crippen molar-refractivity contribution in [3.63, 3.8) is 0 Å². The predicted octanol–water partition coefficient (Wildman–Crippen LogP) is 2.82. The van der Waals surface area contributed by atoms with Gasteiger partial charge in [0, 0.05) is 26.0 Å². The van der Waals surface area contributed by atoms with Gasteiger partial charge in [0.1, 0.15) is 4.83 Å². The van der Waals surface area contributed by atoms with Crippen LogP contribution in [0.25, 0.3) is 10.2 Å². The summed E-state index contributed by atoms with van der Waals surface area (Å²) in [5.74, 6) is 0.396. The number of carbonyl (C=O) groups is 1. The quantitative estimate of drug-likeness (QED) is 0.920. The van der Waals surface area contributed by atoms with Gasteiger partial charge in [-0.05, 0) is 23.9 Å². The summed E-state index contributed by atoms with van der Waals surface area (Å²) in [5, 5.41) is 5.65. The van der Waals surface area contributed by atoms with Crippen molar-refractivity contribution < 1.29 is 4.79 Å². The third-order valence-corrected chi connectivity index (χ3v) is 5.05. The van der Waals surface area contributed by atoms with Crippen molar-refractivity contribution in [2.75, 3.05) is 20.1 Å². The SMILES string of the molecule is CC(C)c1nn(C)c2sc(C(=O)N(C)CC(C)(C)CN)cc12. The van der Waals surface area contributed by atoms with Gasteiger partial charge in [0.15, 0.2) is 0 Å². The highest BCUT2D eigenvalue weighted by molar-refractivity contribution is 7.20. The molecule has 122 valence electrons. The first-order valence-corrected chi connectivity index (χ1v) is 8.40. The molecular weight excluding hydrogens is 296 g/mol. The fraction of sp³-hybridized carbons (Fsp3) is 0.625. The standard InChI is InChI=1S/C16H26N4OS/c1-10(2)13-11-7-12(22-15(11)20(6)18-13)14(21)19(5)9-16(3,4)8-17/h7,10H,8-9,17H2,1-6H3. The molecule has 2 N–H and O–H groups in total. The summed E-state index contributed by atoms with van der Waals surface area (Å²) in [6.45, 7) is 9.59. The molecule has 0 aliphatic heterocycles. The van der Waals surface area contributed by atoms with E-state index in [1.165, 1.54) is 11.3 Å². The fourth-order valence-corrected chi connectivity index (χ4v) is 3.64. The van der Waals surface area contributed by atoms with Gasteiger partial charge in [0.05, 0.1) is 10.6 Å². The van der Waals surface area contributed by atoms with Gasteiger partial charge >= 0.3 is 0 Å². The molecule has 0 radical (unpaired) electrons. The fourth-order valence-electron chi connectivity index (χ4n) is 2.56. The van der Waals surface area contributed by atoms with E-state index in [1.807, 2.05) is 24.8 Å². The largest absolute Gasteiger partial charge is 0.340 e. The molecule has 2 aromatic heterocycles. The van der Waals surface area contributed by atoms with Crippen molar-refractivity contribution >= 4 is 27.5 Å². The molecule has 0 aromatic carbocycles. The average molecular weight is 322 g/mol. The van der Waals surface area contributed by atoms with Crippen LogP contribution in [-0.4, -0.2) is 40.7 Å². The number of hydrogen-bond donors (Lipinski definition) is 1. The van der Waals surface area contributed by atoms with Crippen molar-refractivity contribution in [1.82, 2.24) is 14.7 Å². The van der Waals surface area contributed by atoms with Gasteiger partial charge in [-0.2, -0.15) is 5.10 Å². The molecule has 22 heavy (non-hydrogen) atoms. The third-order valence-electron chi connectivity index (χ3n) is 3.86. The molecule has 1 amide bonds. The highest BCUT2D eigenvalue weighted by atomic mass is 32.1. The highest BCUT2D eigenvalue weighted by Crippen LogP contribution is 2.32. The van der Waals surface area contributed by atoms with Crippen molar-refractivity contribution in [3.05, 3.63) is 16.6 Å². The zero-order chi connectivity index (χ0) is 16.7. The minimum Gasteiger partial charge on any atom is -0.340 e. The Morgan fingerprint density at radius 1 is 1.50 bits per heavy atom. The molecule has 0 spiro atoms. The lowest BCUT2D eigenvalue weighted by Gasteiger charge is -2.28. The zero-order valence-corrected chi connectivity index (χ0v) is 15.1. The van der Waals surface area contributed by atoms with Crippen LogP contribution in [0.15, 0.2) is 6.07 Å². The second-order valence-electron chi connectivity index (χ2n) is 7.02. The average Bonchev–Trinajstić information content (AvgIpc) is 2.98. The molecule has 6 heteroatoms. The van der Waals surface area contributed by atoms with E-state index in [0.29, 0.717) is 19.0 Å². The molecule has 5 nitrogen and oxygen atoms in total. The Morgan fingerprint density at radius 2 is 2.14 bits per heavy atom. The van der Waals surface area contributed by atoms with Crippen molar-refractivity contribution in [1.29, 1.82) is 0 Å².